The molecule has 0 amide bonds. The van der Waals surface area contributed by atoms with Gasteiger partial charge in [0.05, 0.1) is 12.0 Å². The van der Waals surface area contributed by atoms with E-state index in [-0.39, 0.29) is 0 Å². The number of nitrogens with zero attached hydrogens (tertiary/aromatic N) is 3. The molecule has 0 unspecified atom stereocenters. The second-order valence-corrected chi connectivity index (χ2v) is 8.20. The predicted molar refractivity (Wildman–Crippen MR) is 130 cm³/mol. The van der Waals surface area contributed by atoms with Crippen molar-refractivity contribution in [3.63, 3.8) is 0 Å². The molecule has 0 spiro atoms. The number of benzene rings is 2. The number of hydrogen-bond acceptors (Lipinski definition) is 4. The van der Waals surface area contributed by atoms with Gasteiger partial charge in [0, 0.05) is 42.5 Å². The highest BCUT2D eigenvalue weighted by molar-refractivity contribution is 5.85. The van der Waals surface area contributed by atoms with Crippen molar-refractivity contribution in [2.24, 2.45) is 7.05 Å². The van der Waals surface area contributed by atoms with E-state index in [9.17, 15) is 0 Å². The number of nitrogens with one attached hydrogen (secondary N) is 1. The molecule has 0 saturated heterocycles. The summed E-state index contributed by atoms with van der Waals surface area (Å²) < 4.78 is 7.72. The lowest BCUT2D eigenvalue weighted by Crippen LogP contribution is -2.08. The fraction of sp³-hybridized carbons (Fsp3) is 0.185. The summed E-state index contributed by atoms with van der Waals surface area (Å²) in [7, 11) is 2.07. The smallest absolute Gasteiger partial charge is 0.134 e. The van der Waals surface area contributed by atoms with E-state index in [2.05, 4.69) is 82.5 Å². The molecule has 5 aromatic rings. The van der Waals surface area contributed by atoms with Crippen LogP contribution in [0.4, 0.5) is 5.82 Å². The Labute approximate surface area is 187 Å². The first-order valence-electron chi connectivity index (χ1n) is 10.9. The largest absolute Gasteiger partial charge is 0.464 e. The van der Waals surface area contributed by atoms with Crippen molar-refractivity contribution in [2.45, 2.75) is 20.3 Å². The van der Waals surface area contributed by atoms with Crippen LogP contribution in [0.1, 0.15) is 17.0 Å². The molecule has 5 heteroatoms. The minimum atomic E-state index is 0.750. The van der Waals surface area contributed by atoms with Crippen LogP contribution in [0.15, 0.2) is 77.5 Å². The van der Waals surface area contributed by atoms with E-state index in [1.807, 2.05) is 25.1 Å². The summed E-state index contributed by atoms with van der Waals surface area (Å²) in [6.45, 7) is 4.78. The van der Waals surface area contributed by atoms with E-state index in [4.69, 9.17) is 4.42 Å². The fourth-order valence-corrected chi connectivity index (χ4v) is 4.10. The van der Waals surface area contributed by atoms with Crippen LogP contribution < -0.4 is 5.32 Å². The lowest BCUT2D eigenvalue weighted by Gasteiger charge is -2.10. The summed E-state index contributed by atoms with van der Waals surface area (Å²) in [5.41, 5.74) is 7.75. The van der Waals surface area contributed by atoms with Gasteiger partial charge >= 0.3 is 0 Å². The molecule has 0 saturated carbocycles. The highest BCUT2D eigenvalue weighted by atomic mass is 16.3. The topological polar surface area (TPSA) is 55.9 Å². The van der Waals surface area contributed by atoms with Crippen molar-refractivity contribution in [3.05, 3.63) is 90.1 Å². The van der Waals surface area contributed by atoms with Gasteiger partial charge in [-0.1, -0.05) is 18.2 Å². The maximum atomic E-state index is 5.57. The van der Waals surface area contributed by atoms with E-state index in [1.54, 1.807) is 6.26 Å². The minimum absolute atomic E-state index is 0.750. The first-order chi connectivity index (χ1) is 15.6. The number of hydrogen-bond donors (Lipinski definition) is 1. The molecular formula is C27H26N4O. The molecule has 0 atom stereocenters. The summed E-state index contributed by atoms with van der Waals surface area (Å²) >= 11 is 0. The quantitative estimate of drug-likeness (QED) is 0.356. The standard InChI is InChI=1S/C27H26N4O/c1-18-17-32-26-10-9-21(15-23(18)26)24-16-27(30-19(2)29-24)28-12-11-20-6-4-7-22(14-20)25-8-5-13-31(25)3/h4-10,13-17H,11-12H2,1-3H3,(H,28,29,30). The first-order valence-corrected chi connectivity index (χ1v) is 10.9. The third kappa shape index (κ3) is 4.02. The fourth-order valence-electron chi connectivity index (χ4n) is 4.10. The Morgan fingerprint density at radius 2 is 1.84 bits per heavy atom. The van der Waals surface area contributed by atoms with Gasteiger partial charge in [-0.25, -0.2) is 9.97 Å². The molecule has 0 radical (unpaired) electrons. The molecule has 160 valence electrons. The summed E-state index contributed by atoms with van der Waals surface area (Å²) in [6.07, 6.45) is 4.78. The van der Waals surface area contributed by atoms with Crippen LogP contribution in [0, 0.1) is 13.8 Å². The van der Waals surface area contributed by atoms with Gasteiger partial charge in [-0.3, -0.25) is 0 Å². The van der Waals surface area contributed by atoms with Crippen LogP contribution in [0.5, 0.6) is 0 Å². The summed E-state index contributed by atoms with van der Waals surface area (Å²) in [4.78, 5) is 9.24. The third-order valence-corrected chi connectivity index (χ3v) is 5.79. The Morgan fingerprint density at radius 1 is 0.938 bits per heavy atom. The van der Waals surface area contributed by atoms with Crippen molar-refractivity contribution in [2.75, 3.05) is 11.9 Å². The molecule has 5 nitrogen and oxygen atoms in total. The highest BCUT2D eigenvalue weighted by Gasteiger charge is 2.09. The van der Waals surface area contributed by atoms with Crippen LogP contribution in [0.25, 0.3) is 33.5 Å². The van der Waals surface area contributed by atoms with Gasteiger partial charge in [0.15, 0.2) is 0 Å². The molecule has 0 fully saturated rings. The average molecular weight is 423 g/mol. The number of rotatable bonds is 6. The maximum absolute atomic E-state index is 5.57. The first kappa shape index (κ1) is 20.1. The highest BCUT2D eigenvalue weighted by Crippen LogP contribution is 2.27. The lowest BCUT2D eigenvalue weighted by atomic mass is 10.1. The Balaban J connectivity index is 1.32. The van der Waals surface area contributed by atoms with Gasteiger partial charge in [-0.15, -0.1) is 0 Å². The molecule has 0 aliphatic heterocycles. The zero-order chi connectivity index (χ0) is 22.1. The van der Waals surface area contributed by atoms with Gasteiger partial charge in [0.1, 0.15) is 17.2 Å². The van der Waals surface area contributed by atoms with Gasteiger partial charge in [-0.05, 0) is 73.4 Å². The summed E-state index contributed by atoms with van der Waals surface area (Å²) in [5.74, 6) is 1.59. The van der Waals surface area contributed by atoms with Gasteiger partial charge in [-0.2, -0.15) is 0 Å². The van der Waals surface area contributed by atoms with Crippen LogP contribution in [-0.4, -0.2) is 21.1 Å². The molecule has 0 aliphatic rings. The molecule has 32 heavy (non-hydrogen) atoms. The normalized spacial score (nSPS) is 11.2. The summed E-state index contributed by atoms with van der Waals surface area (Å²) in [5, 5.41) is 4.60. The number of aryl methyl sites for hydroxylation is 3. The van der Waals surface area contributed by atoms with Crippen molar-refractivity contribution in [1.82, 2.24) is 14.5 Å². The van der Waals surface area contributed by atoms with Crippen LogP contribution in [-0.2, 0) is 13.5 Å². The van der Waals surface area contributed by atoms with E-state index in [0.717, 1.165) is 52.4 Å². The molecule has 3 aromatic heterocycles. The number of anilines is 1. The van der Waals surface area contributed by atoms with Crippen LogP contribution >= 0.6 is 0 Å². The predicted octanol–water partition coefficient (Wildman–Crippen LogP) is 6.17. The Kier molecular flexibility index (Phi) is 5.23. The van der Waals surface area contributed by atoms with Gasteiger partial charge < -0.3 is 14.3 Å². The summed E-state index contributed by atoms with van der Waals surface area (Å²) in [6, 6.07) is 21.1. The van der Waals surface area contributed by atoms with E-state index >= 15 is 0 Å². The van der Waals surface area contributed by atoms with Crippen LogP contribution in [0.3, 0.4) is 0 Å². The van der Waals surface area contributed by atoms with Gasteiger partial charge in [0.2, 0.25) is 0 Å². The Morgan fingerprint density at radius 3 is 2.69 bits per heavy atom. The zero-order valence-electron chi connectivity index (χ0n) is 18.6. The molecule has 3 heterocycles. The number of furan rings is 1. The minimum Gasteiger partial charge on any atom is -0.464 e. The number of fused-ring (bicyclic) bond motifs is 1. The SMILES string of the molecule is Cc1nc(NCCc2cccc(-c3cccn3C)c2)cc(-c2ccc3occ(C)c3c2)n1. The van der Waals surface area contributed by atoms with E-state index in [1.165, 1.54) is 16.8 Å². The molecule has 1 N–H and O–H groups in total. The van der Waals surface area contributed by atoms with Crippen molar-refractivity contribution in [3.8, 4) is 22.5 Å². The Bertz CT molecular complexity index is 1400. The third-order valence-electron chi connectivity index (χ3n) is 5.79. The molecule has 0 bridgehead atoms. The monoisotopic (exact) mass is 422 g/mol. The lowest BCUT2D eigenvalue weighted by molar-refractivity contribution is 0.613. The maximum Gasteiger partial charge on any atom is 0.134 e. The molecule has 5 rings (SSSR count). The molecule has 0 aliphatic carbocycles. The van der Waals surface area contributed by atoms with E-state index < -0.39 is 0 Å². The van der Waals surface area contributed by atoms with Crippen molar-refractivity contribution >= 4 is 16.8 Å². The van der Waals surface area contributed by atoms with Crippen LogP contribution in [0.2, 0.25) is 0 Å². The van der Waals surface area contributed by atoms with Crippen molar-refractivity contribution < 1.29 is 4.42 Å². The number of aromatic nitrogens is 3. The second-order valence-electron chi connectivity index (χ2n) is 8.20. The average Bonchev–Trinajstić information content (AvgIpc) is 3.39. The second kappa shape index (κ2) is 8.35. The Hall–Kier alpha value is -3.86. The molecular weight excluding hydrogens is 396 g/mol. The van der Waals surface area contributed by atoms with Crippen molar-refractivity contribution in [1.29, 1.82) is 0 Å². The van der Waals surface area contributed by atoms with E-state index in [0.29, 0.717) is 0 Å². The van der Waals surface area contributed by atoms with Gasteiger partial charge in [0.25, 0.3) is 0 Å². The zero-order valence-corrected chi connectivity index (χ0v) is 18.6. The molecule has 2 aromatic carbocycles.